The van der Waals surface area contributed by atoms with Crippen LogP contribution in [0, 0.1) is 6.85 Å². The molecule has 0 atom stereocenters. The van der Waals surface area contributed by atoms with Gasteiger partial charge in [-0.25, -0.2) is 4.98 Å². The SMILES string of the molecule is [2H]c1c([2H])c([2H])c(-c2ccnc(-c3cc(-c4cccc5c4nc(-c4cc(C(C)(C)C)cc(C(C)(C)C)c4O)n5-c4ccc(C([2H])([2H])[2H])cc4-c4ccc(C(C)(C)C)cc4)cc(C(C)(C)C)c3)c2)c([2H])c1[2H]. The second-order valence-corrected chi connectivity index (χ2v) is 20.9. The van der Waals surface area contributed by atoms with Gasteiger partial charge in [0.25, 0.3) is 0 Å². The number of rotatable bonds is 6. The number of phenols is 1. The second kappa shape index (κ2) is 15.8. The zero-order valence-corrected chi connectivity index (χ0v) is 38.7. The van der Waals surface area contributed by atoms with Crippen molar-refractivity contribution in [3.8, 4) is 67.5 Å². The van der Waals surface area contributed by atoms with Crippen molar-refractivity contribution in [1.29, 1.82) is 0 Å². The highest BCUT2D eigenvalue weighted by molar-refractivity contribution is 5.98. The second-order valence-electron chi connectivity index (χ2n) is 20.9. The number of pyridine rings is 1. The molecule has 6 aromatic carbocycles. The first kappa shape index (κ1) is 34.3. The predicted octanol–water partition coefficient (Wildman–Crippen LogP) is 16.0. The van der Waals surface area contributed by atoms with E-state index in [1.54, 1.807) is 30.5 Å². The van der Waals surface area contributed by atoms with E-state index in [0.717, 1.165) is 50.0 Å². The van der Waals surface area contributed by atoms with Gasteiger partial charge in [-0.2, -0.15) is 0 Å². The van der Waals surface area contributed by atoms with Crippen LogP contribution in [0.2, 0.25) is 0 Å². The summed E-state index contributed by atoms with van der Waals surface area (Å²) in [6, 6.07) is 31.5. The van der Waals surface area contributed by atoms with Gasteiger partial charge in [0.1, 0.15) is 11.6 Å². The molecule has 8 rings (SSSR count). The Labute approximate surface area is 387 Å². The van der Waals surface area contributed by atoms with E-state index in [1.165, 1.54) is 0 Å². The largest absolute Gasteiger partial charge is 0.507 e. The molecule has 8 aromatic rings. The van der Waals surface area contributed by atoms with Gasteiger partial charge in [0.15, 0.2) is 0 Å². The van der Waals surface area contributed by atoms with Crippen LogP contribution in [0.1, 0.15) is 122 Å². The maximum Gasteiger partial charge on any atom is 0.149 e. The van der Waals surface area contributed by atoms with Gasteiger partial charge in [0.2, 0.25) is 0 Å². The lowest BCUT2D eigenvalue weighted by Gasteiger charge is -2.27. The van der Waals surface area contributed by atoms with Crippen LogP contribution in [-0.2, 0) is 21.7 Å². The molecule has 0 radical (unpaired) electrons. The minimum atomic E-state index is -2.38. The van der Waals surface area contributed by atoms with Crippen molar-refractivity contribution in [1.82, 2.24) is 14.5 Å². The number of benzene rings is 6. The number of para-hydroxylation sites is 1. The number of fused-ring (bicyclic) bond motifs is 1. The molecule has 0 spiro atoms. The monoisotopic (exact) mass is 838 g/mol. The number of imidazole rings is 1. The summed E-state index contributed by atoms with van der Waals surface area (Å²) in [5.41, 5.74) is 10.5. The molecule has 0 saturated carbocycles. The van der Waals surface area contributed by atoms with Crippen molar-refractivity contribution in [2.45, 2.75) is 112 Å². The number of aromatic nitrogens is 3. The minimum absolute atomic E-state index is 0.0968. The molecule has 2 aromatic heterocycles. The van der Waals surface area contributed by atoms with Crippen LogP contribution in [0.3, 0.4) is 0 Å². The van der Waals surface area contributed by atoms with E-state index in [0.29, 0.717) is 39.4 Å². The third kappa shape index (κ3) is 8.61. The topological polar surface area (TPSA) is 50.9 Å². The summed E-state index contributed by atoms with van der Waals surface area (Å²) in [5, 5.41) is 12.6. The van der Waals surface area contributed by atoms with E-state index in [2.05, 4.69) is 118 Å². The van der Waals surface area contributed by atoms with E-state index >= 15 is 0 Å². The van der Waals surface area contributed by atoms with E-state index in [1.807, 2.05) is 48.5 Å². The van der Waals surface area contributed by atoms with Crippen molar-refractivity contribution in [2.24, 2.45) is 0 Å². The van der Waals surface area contributed by atoms with Crippen molar-refractivity contribution in [2.75, 3.05) is 0 Å². The first-order chi connectivity index (χ1) is 32.9. The Morgan fingerprint density at radius 3 is 1.86 bits per heavy atom. The Bertz CT molecular complexity index is 3370. The molecule has 0 amide bonds. The quantitative estimate of drug-likeness (QED) is 0.181. The Hall–Kier alpha value is -6.26. The summed E-state index contributed by atoms with van der Waals surface area (Å²) in [7, 11) is 0. The van der Waals surface area contributed by atoms with Gasteiger partial charge in [0, 0.05) is 32.6 Å². The smallest absolute Gasteiger partial charge is 0.149 e. The molecule has 4 nitrogen and oxygen atoms in total. The van der Waals surface area contributed by atoms with Crippen LogP contribution in [0.4, 0.5) is 0 Å². The number of phenolic OH excluding ortho intramolecular Hbond substituents is 1. The van der Waals surface area contributed by atoms with E-state index < -0.39 is 30.4 Å². The van der Waals surface area contributed by atoms with Gasteiger partial charge in [-0.1, -0.05) is 173 Å². The maximum atomic E-state index is 12.6. The van der Waals surface area contributed by atoms with Crippen LogP contribution in [0.5, 0.6) is 5.75 Å². The van der Waals surface area contributed by atoms with Crippen LogP contribution in [0.15, 0.2) is 140 Å². The van der Waals surface area contributed by atoms with Gasteiger partial charge in [0.05, 0.1) is 34.8 Å². The normalized spacial score (nSPS) is 14.6. The summed E-state index contributed by atoms with van der Waals surface area (Å²) < 4.78 is 69.8. The summed E-state index contributed by atoms with van der Waals surface area (Å²) in [5.74, 6) is 0.594. The Balaban J connectivity index is 1.46. The third-order valence-electron chi connectivity index (χ3n) is 12.0. The molecule has 0 aliphatic carbocycles. The number of hydrogen-bond acceptors (Lipinski definition) is 3. The number of aromatic hydroxyl groups is 1. The molecule has 2 heterocycles. The standard InChI is InChI=1S/C59H63N3O/c1-37-22-27-51(47(30-37)39-23-25-43(26-24-39)56(2,3)4)62-52-21-17-20-46(53(52)61-55(62)48-35-45(58(8,9)10)36-49(54(48)63)59(11,12)13)41-31-42(33-44(32-41)57(5,6)7)50-34-40(28-29-60-50)38-18-15-14-16-19-38/h14-36,63H,1-13H3/i1D3,14D,15D,16D,18D,19D. The first-order valence-electron chi connectivity index (χ1n) is 25.7. The minimum Gasteiger partial charge on any atom is -0.507 e. The molecular weight excluding hydrogens is 767 g/mol. The highest BCUT2D eigenvalue weighted by Crippen LogP contribution is 2.46. The predicted molar refractivity (Wildman–Crippen MR) is 267 cm³/mol. The summed E-state index contributed by atoms with van der Waals surface area (Å²) in [6.07, 6.45) is 1.60. The average Bonchev–Trinajstić information content (AvgIpc) is 3.68. The molecule has 0 bridgehead atoms. The summed E-state index contributed by atoms with van der Waals surface area (Å²) in [6.45, 7) is 23.2. The van der Waals surface area contributed by atoms with Crippen LogP contribution >= 0.6 is 0 Å². The van der Waals surface area contributed by atoms with Crippen LogP contribution in [0.25, 0.3) is 72.7 Å². The van der Waals surface area contributed by atoms with E-state index in [4.69, 9.17) is 20.9 Å². The van der Waals surface area contributed by atoms with Crippen molar-refractivity contribution >= 4 is 11.0 Å². The Morgan fingerprint density at radius 1 is 0.540 bits per heavy atom. The number of hydrogen-bond donors (Lipinski definition) is 1. The third-order valence-corrected chi connectivity index (χ3v) is 12.0. The molecule has 0 unspecified atom stereocenters. The lowest BCUT2D eigenvalue weighted by atomic mass is 9.79. The lowest BCUT2D eigenvalue weighted by Crippen LogP contribution is -2.17. The van der Waals surface area contributed by atoms with Crippen molar-refractivity contribution in [3.63, 3.8) is 0 Å². The molecule has 0 fully saturated rings. The highest BCUT2D eigenvalue weighted by atomic mass is 16.3. The zero-order chi connectivity index (χ0) is 52.1. The van der Waals surface area contributed by atoms with E-state index in [-0.39, 0.29) is 45.2 Å². The van der Waals surface area contributed by atoms with Crippen LogP contribution in [-0.4, -0.2) is 19.6 Å². The first-order valence-corrected chi connectivity index (χ1v) is 21.7. The molecule has 0 aliphatic heterocycles. The zero-order valence-electron chi connectivity index (χ0n) is 46.7. The maximum absolute atomic E-state index is 12.6. The fourth-order valence-corrected chi connectivity index (χ4v) is 8.18. The number of aryl methyl sites for hydroxylation is 1. The fraction of sp³-hybridized carbons (Fsp3) is 0.288. The van der Waals surface area contributed by atoms with Gasteiger partial charge in [-0.3, -0.25) is 9.55 Å². The van der Waals surface area contributed by atoms with Gasteiger partial charge in [-0.15, -0.1) is 0 Å². The van der Waals surface area contributed by atoms with Crippen LogP contribution < -0.4 is 0 Å². The molecule has 63 heavy (non-hydrogen) atoms. The van der Waals surface area contributed by atoms with Gasteiger partial charge >= 0.3 is 0 Å². The molecule has 0 saturated heterocycles. The summed E-state index contributed by atoms with van der Waals surface area (Å²) in [4.78, 5) is 10.4. The average molecular weight is 838 g/mol. The van der Waals surface area contributed by atoms with Gasteiger partial charge < -0.3 is 5.11 Å². The van der Waals surface area contributed by atoms with Gasteiger partial charge in [-0.05, 0) is 116 Å². The fourth-order valence-electron chi connectivity index (χ4n) is 8.18. The highest BCUT2D eigenvalue weighted by Gasteiger charge is 2.30. The van der Waals surface area contributed by atoms with Crippen molar-refractivity contribution in [3.05, 3.63) is 167 Å². The summed E-state index contributed by atoms with van der Waals surface area (Å²) >= 11 is 0. The Kier molecular flexibility index (Phi) is 8.60. The molecular formula is C59H63N3O. The lowest BCUT2D eigenvalue weighted by molar-refractivity contribution is 0.446. The van der Waals surface area contributed by atoms with E-state index in [9.17, 15) is 5.11 Å². The molecule has 1 N–H and O–H groups in total. The molecule has 4 heteroatoms. The molecule has 0 aliphatic rings. The molecule has 320 valence electrons. The number of nitrogens with zero attached hydrogens (tertiary/aromatic N) is 3. The Morgan fingerprint density at radius 2 is 1.21 bits per heavy atom. The van der Waals surface area contributed by atoms with Crippen molar-refractivity contribution < 1.29 is 16.1 Å².